The molecule has 0 saturated heterocycles. The molecule has 158 valence electrons. The van der Waals surface area contributed by atoms with Gasteiger partial charge in [0.1, 0.15) is 5.76 Å². The van der Waals surface area contributed by atoms with E-state index in [4.69, 9.17) is 4.42 Å². The molecule has 2 amide bonds. The van der Waals surface area contributed by atoms with Gasteiger partial charge in [-0.05, 0) is 66.4 Å². The van der Waals surface area contributed by atoms with E-state index in [0.29, 0.717) is 29.1 Å². The first-order valence-corrected chi connectivity index (χ1v) is 10.5. The van der Waals surface area contributed by atoms with Gasteiger partial charge < -0.3 is 14.6 Å². The highest BCUT2D eigenvalue weighted by atomic mass is 16.3. The minimum atomic E-state index is -0.242. The van der Waals surface area contributed by atoms with Crippen molar-refractivity contribution in [2.24, 2.45) is 0 Å². The van der Waals surface area contributed by atoms with Gasteiger partial charge in [-0.25, -0.2) is 0 Å². The van der Waals surface area contributed by atoms with Gasteiger partial charge in [-0.3, -0.25) is 9.59 Å². The number of nitrogens with zero attached hydrogens (tertiary/aromatic N) is 1. The first-order valence-electron chi connectivity index (χ1n) is 10.5. The van der Waals surface area contributed by atoms with Crippen molar-refractivity contribution in [1.29, 1.82) is 0 Å². The summed E-state index contributed by atoms with van der Waals surface area (Å²) in [6.45, 7) is 2.26. The Morgan fingerprint density at radius 1 is 0.844 bits per heavy atom. The quantitative estimate of drug-likeness (QED) is 0.468. The van der Waals surface area contributed by atoms with E-state index >= 15 is 0 Å². The normalized spacial score (nSPS) is 12.5. The zero-order chi connectivity index (χ0) is 22.1. The van der Waals surface area contributed by atoms with Gasteiger partial charge in [0, 0.05) is 16.9 Å². The van der Waals surface area contributed by atoms with Gasteiger partial charge in [0.25, 0.3) is 11.8 Å². The van der Waals surface area contributed by atoms with Crippen molar-refractivity contribution < 1.29 is 14.0 Å². The van der Waals surface area contributed by atoms with Crippen molar-refractivity contribution in [3.63, 3.8) is 0 Å². The highest BCUT2D eigenvalue weighted by Gasteiger charge is 2.24. The molecule has 0 aliphatic carbocycles. The molecular weight excluding hydrogens is 400 g/mol. The Hall–Kier alpha value is -4.12. The number of hydrogen-bond acceptors (Lipinski definition) is 3. The predicted octanol–water partition coefficient (Wildman–Crippen LogP) is 5.59. The molecule has 1 aromatic heterocycles. The number of hydrogen-bond donors (Lipinski definition) is 1. The van der Waals surface area contributed by atoms with Gasteiger partial charge in [-0.1, -0.05) is 42.5 Å². The minimum absolute atomic E-state index is 0.0716. The van der Waals surface area contributed by atoms with Gasteiger partial charge in [0.2, 0.25) is 0 Å². The Labute approximate surface area is 186 Å². The summed E-state index contributed by atoms with van der Waals surface area (Å²) in [6.07, 6.45) is 2.29. The van der Waals surface area contributed by atoms with Gasteiger partial charge in [0.05, 0.1) is 18.4 Å². The van der Waals surface area contributed by atoms with Crippen LogP contribution in [0.3, 0.4) is 0 Å². The van der Waals surface area contributed by atoms with Gasteiger partial charge in [0.15, 0.2) is 0 Å². The molecule has 0 fully saturated rings. The number of carbonyl (C=O) groups is 2. The van der Waals surface area contributed by atoms with Crippen LogP contribution in [0.15, 0.2) is 89.5 Å². The number of amides is 2. The second kappa shape index (κ2) is 8.19. The molecule has 32 heavy (non-hydrogen) atoms. The van der Waals surface area contributed by atoms with E-state index in [1.54, 1.807) is 37.3 Å². The Morgan fingerprint density at radius 2 is 1.53 bits per heavy atom. The van der Waals surface area contributed by atoms with Crippen LogP contribution in [0.25, 0.3) is 0 Å². The molecule has 0 radical (unpaired) electrons. The molecule has 0 saturated carbocycles. The first-order chi connectivity index (χ1) is 15.6. The third-order valence-electron chi connectivity index (χ3n) is 5.85. The third-order valence-corrected chi connectivity index (χ3v) is 5.85. The fraction of sp³-hybridized carbons (Fsp3) is 0.111. The fourth-order valence-corrected chi connectivity index (χ4v) is 4.12. The maximum absolute atomic E-state index is 13.5. The van der Waals surface area contributed by atoms with Crippen molar-refractivity contribution in [1.82, 2.24) is 0 Å². The van der Waals surface area contributed by atoms with E-state index in [1.807, 2.05) is 35.2 Å². The molecule has 5 nitrogen and oxygen atoms in total. The Bertz CT molecular complexity index is 1300. The zero-order valence-electron chi connectivity index (χ0n) is 17.7. The minimum Gasteiger partial charge on any atom is -0.469 e. The highest BCUT2D eigenvalue weighted by Crippen LogP contribution is 2.31. The molecule has 1 N–H and O–H groups in total. The summed E-state index contributed by atoms with van der Waals surface area (Å²) in [4.78, 5) is 27.8. The molecule has 0 spiro atoms. The SMILES string of the molecule is Cc1occc1C(=O)Nc1ccc(C(=O)N2Cc3ccccc3Cc3ccccc32)cc1. The summed E-state index contributed by atoms with van der Waals surface area (Å²) in [6, 6.07) is 24.9. The lowest BCUT2D eigenvalue weighted by atomic mass is 10.0. The smallest absolute Gasteiger partial charge is 0.259 e. The van der Waals surface area contributed by atoms with Crippen LogP contribution in [0.2, 0.25) is 0 Å². The summed E-state index contributed by atoms with van der Waals surface area (Å²) < 4.78 is 5.19. The molecular formula is C27H22N2O3. The number of nitrogens with one attached hydrogen (secondary N) is 1. The third kappa shape index (κ3) is 3.69. The lowest BCUT2D eigenvalue weighted by Gasteiger charge is -2.23. The summed E-state index contributed by atoms with van der Waals surface area (Å²) in [5.74, 6) is 0.250. The monoisotopic (exact) mass is 422 g/mol. The number of fused-ring (bicyclic) bond motifs is 2. The van der Waals surface area contributed by atoms with E-state index in [-0.39, 0.29) is 11.8 Å². The zero-order valence-corrected chi connectivity index (χ0v) is 17.7. The van der Waals surface area contributed by atoms with Crippen LogP contribution in [0.4, 0.5) is 11.4 Å². The van der Waals surface area contributed by atoms with E-state index in [0.717, 1.165) is 23.2 Å². The van der Waals surface area contributed by atoms with Crippen LogP contribution in [-0.4, -0.2) is 11.8 Å². The number of furan rings is 1. The van der Waals surface area contributed by atoms with E-state index < -0.39 is 0 Å². The molecule has 5 heteroatoms. The fourth-order valence-electron chi connectivity index (χ4n) is 4.12. The van der Waals surface area contributed by atoms with E-state index in [2.05, 4.69) is 23.5 Å². The number of rotatable bonds is 3. The number of benzene rings is 3. The highest BCUT2D eigenvalue weighted by molar-refractivity contribution is 6.08. The van der Waals surface area contributed by atoms with Crippen LogP contribution in [-0.2, 0) is 13.0 Å². The van der Waals surface area contributed by atoms with Crippen molar-refractivity contribution in [3.05, 3.63) is 119 Å². The molecule has 2 heterocycles. The van der Waals surface area contributed by atoms with Gasteiger partial charge in [-0.15, -0.1) is 0 Å². The number of carbonyl (C=O) groups excluding carboxylic acids is 2. The van der Waals surface area contributed by atoms with Gasteiger partial charge >= 0.3 is 0 Å². The van der Waals surface area contributed by atoms with E-state index in [9.17, 15) is 9.59 Å². The summed E-state index contributed by atoms with van der Waals surface area (Å²) in [7, 11) is 0. The lowest BCUT2D eigenvalue weighted by Crippen LogP contribution is -2.30. The number of para-hydroxylation sites is 1. The summed E-state index contributed by atoms with van der Waals surface area (Å²) in [5, 5.41) is 2.85. The maximum Gasteiger partial charge on any atom is 0.259 e. The molecule has 0 unspecified atom stereocenters. The standard InChI is InChI=1S/C27H22N2O3/c1-18-24(14-15-32-18)26(30)28-23-12-10-19(11-13-23)27(31)29-17-22-8-3-2-6-20(22)16-21-7-4-5-9-25(21)29/h2-15H,16-17H2,1H3,(H,28,30). The van der Waals surface area contributed by atoms with Crippen molar-refractivity contribution in [2.45, 2.75) is 19.9 Å². The molecule has 4 aromatic rings. The van der Waals surface area contributed by atoms with Crippen LogP contribution in [0, 0.1) is 6.92 Å². The Morgan fingerprint density at radius 3 is 2.25 bits per heavy atom. The van der Waals surface area contributed by atoms with Crippen LogP contribution in [0.5, 0.6) is 0 Å². The second-order valence-electron chi connectivity index (χ2n) is 7.89. The topological polar surface area (TPSA) is 62.6 Å². The van der Waals surface area contributed by atoms with Crippen molar-refractivity contribution >= 4 is 23.2 Å². The number of anilines is 2. The Kier molecular flexibility index (Phi) is 5.07. The van der Waals surface area contributed by atoms with Gasteiger partial charge in [-0.2, -0.15) is 0 Å². The Balaban J connectivity index is 1.41. The van der Waals surface area contributed by atoms with Crippen LogP contribution < -0.4 is 10.2 Å². The summed E-state index contributed by atoms with van der Waals surface area (Å²) >= 11 is 0. The van der Waals surface area contributed by atoms with E-state index in [1.165, 1.54) is 11.8 Å². The van der Waals surface area contributed by atoms with Crippen molar-refractivity contribution in [3.8, 4) is 0 Å². The van der Waals surface area contributed by atoms with Crippen LogP contribution in [0.1, 0.15) is 43.2 Å². The first kappa shape index (κ1) is 19.8. The largest absolute Gasteiger partial charge is 0.469 e. The average molecular weight is 422 g/mol. The lowest BCUT2D eigenvalue weighted by molar-refractivity contribution is 0.0984. The average Bonchev–Trinajstić information content (AvgIpc) is 3.17. The predicted molar refractivity (Wildman–Crippen MR) is 124 cm³/mol. The van der Waals surface area contributed by atoms with Crippen molar-refractivity contribution in [2.75, 3.05) is 10.2 Å². The molecule has 0 bridgehead atoms. The number of aryl methyl sites for hydroxylation is 1. The molecule has 0 atom stereocenters. The van der Waals surface area contributed by atoms with Crippen LogP contribution >= 0.6 is 0 Å². The second-order valence-corrected chi connectivity index (χ2v) is 7.89. The maximum atomic E-state index is 13.5. The molecule has 1 aliphatic heterocycles. The molecule has 3 aromatic carbocycles. The molecule has 1 aliphatic rings. The summed E-state index contributed by atoms with van der Waals surface area (Å²) in [5.41, 5.74) is 6.13. The molecule has 5 rings (SSSR count).